The van der Waals surface area contributed by atoms with Crippen LogP contribution in [-0.4, -0.2) is 51.0 Å². The van der Waals surface area contributed by atoms with Crippen molar-refractivity contribution < 1.29 is 27.1 Å². The Balaban J connectivity index is 1.54. The van der Waals surface area contributed by atoms with Gasteiger partial charge < -0.3 is 14.8 Å². The van der Waals surface area contributed by atoms with Crippen molar-refractivity contribution in [2.75, 3.05) is 31.6 Å². The third kappa shape index (κ3) is 5.06. The smallest absolute Gasteiger partial charge is 0.255 e. The maximum atomic E-state index is 14.4. The third-order valence-electron chi connectivity index (χ3n) is 5.51. The average molecular weight is 483 g/mol. The third-order valence-corrected chi connectivity index (χ3v) is 7.66. The Labute approximate surface area is 191 Å². The number of benzene rings is 2. The highest BCUT2D eigenvalue weighted by molar-refractivity contribution is 7.89. The molecule has 1 unspecified atom stereocenters. The lowest BCUT2D eigenvalue weighted by atomic mass is 10.2. The van der Waals surface area contributed by atoms with Crippen molar-refractivity contribution in [2.45, 2.75) is 36.7 Å². The van der Waals surface area contributed by atoms with Gasteiger partial charge in [0.1, 0.15) is 23.1 Å². The predicted octanol–water partition coefficient (Wildman–Crippen LogP) is 4.07. The molecule has 2 saturated heterocycles. The highest BCUT2D eigenvalue weighted by Crippen LogP contribution is 2.30. The van der Waals surface area contributed by atoms with E-state index in [0.29, 0.717) is 42.8 Å². The predicted molar refractivity (Wildman–Crippen MR) is 118 cm³/mol. The number of nitrogens with zero attached hydrogens (tertiary/aromatic N) is 1. The zero-order valence-corrected chi connectivity index (χ0v) is 18.9. The molecule has 0 spiro atoms. The normalized spacial score (nSPS) is 19.2. The standard InChI is InChI=1S/C22H24ClFN2O5S/c23-16-6-8-20(31-14-17-4-3-11-30-17)19(13-16)25-22(27)15-5-7-18(24)21(12-15)32(28,29)26-9-1-2-10-26/h5-8,12-13,17H,1-4,9-11,14H2,(H,25,27). The molecule has 2 fully saturated rings. The maximum Gasteiger partial charge on any atom is 0.255 e. The molecule has 2 aromatic rings. The molecule has 0 aliphatic carbocycles. The lowest BCUT2D eigenvalue weighted by Crippen LogP contribution is -2.29. The molecule has 7 nitrogen and oxygen atoms in total. The van der Waals surface area contributed by atoms with Gasteiger partial charge in [0.25, 0.3) is 5.91 Å². The number of carbonyl (C=O) groups is 1. The fraction of sp³-hybridized carbons (Fsp3) is 0.409. The second kappa shape index (κ2) is 9.74. The minimum Gasteiger partial charge on any atom is -0.489 e. The van der Waals surface area contributed by atoms with E-state index in [4.69, 9.17) is 21.1 Å². The second-order valence-electron chi connectivity index (χ2n) is 7.80. The fourth-order valence-electron chi connectivity index (χ4n) is 3.79. The largest absolute Gasteiger partial charge is 0.489 e. The van der Waals surface area contributed by atoms with Crippen molar-refractivity contribution in [3.63, 3.8) is 0 Å². The summed E-state index contributed by atoms with van der Waals surface area (Å²) >= 11 is 6.09. The van der Waals surface area contributed by atoms with E-state index in [1.165, 1.54) is 16.4 Å². The van der Waals surface area contributed by atoms with Crippen LogP contribution in [0.3, 0.4) is 0 Å². The van der Waals surface area contributed by atoms with Gasteiger partial charge >= 0.3 is 0 Å². The molecule has 2 heterocycles. The summed E-state index contributed by atoms with van der Waals surface area (Å²) < 4.78 is 52.6. The van der Waals surface area contributed by atoms with Gasteiger partial charge in [0.2, 0.25) is 10.0 Å². The average Bonchev–Trinajstić information content (AvgIpc) is 3.48. The van der Waals surface area contributed by atoms with Gasteiger partial charge in [-0.15, -0.1) is 0 Å². The summed E-state index contributed by atoms with van der Waals surface area (Å²) in [6, 6.07) is 8.11. The van der Waals surface area contributed by atoms with Crippen LogP contribution in [0.15, 0.2) is 41.3 Å². The summed E-state index contributed by atoms with van der Waals surface area (Å²) in [7, 11) is -4.01. The van der Waals surface area contributed by atoms with Gasteiger partial charge in [0, 0.05) is 30.3 Å². The van der Waals surface area contributed by atoms with E-state index in [0.717, 1.165) is 37.8 Å². The van der Waals surface area contributed by atoms with Gasteiger partial charge in [-0.25, -0.2) is 12.8 Å². The Hall–Kier alpha value is -2.20. The van der Waals surface area contributed by atoms with Gasteiger partial charge in [0.15, 0.2) is 0 Å². The van der Waals surface area contributed by atoms with Crippen molar-refractivity contribution in [3.8, 4) is 5.75 Å². The molecule has 4 rings (SSSR count). The van der Waals surface area contributed by atoms with E-state index in [-0.39, 0.29) is 11.7 Å². The van der Waals surface area contributed by atoms with Crippen LogP contribution < -0.4 is 10.1 Å². The first kappa shape index (κ1) is 23.0. The van der Waals surface area contributed by atoms with E-state index < -0.39 is 26.6 Å². The summed E-state index contributed by atoms with van der Waals surface area (Å²) in [5.41, 5.74) is 0.336. The summed E-state index contributed by atoms with van der Waals surface area (Å²) in [6.45, 7) is 1.71. The number of sulfonamides is 1. The Bertz CT molecular complexity index is 1100. The summed E-state index contributed by atoms with van der Waals surface area (Å²) in [5.74, 6) is -1.09. The molecule has 0 bridgehead atoms. The van der Waals surface area contributed by atoms with Crippen LogP contribution in [0, 0.1) is 5.82 Å². The number of amides is 1. The molecule has 0 saturated carbocycles. The molecule has 0 aromatic heterocycles. The van der Waals surface area contributed by atoms with Crippen LogP contribution in [0.25, 0.3) is 0 Å². The van der Waals surface area contributed by atoms with Crippen LogP contribution in [0.1, 0.15) is 36.0 Å². The molecule has 0 radical (unpaired) electrons. The van der Waals surface area contributed by atoms with Gasteiger partial charge in [-0.2, -0.15) is 4.31 Å². The van der Waals surface area contributed by atoms with Gasteiger partial charge in [0.05, 0.1) is 11.8 Å². The number of anilines is 1. The molecule has 1 N–H and O–H groups in total. The van der Waals surface area contributed by atoms with E-state index in [9.17, 15) is 17.6 Å². The quantitative estimate of drug-likeness (QED) is 0.643. The van der Waals surface area contributed by atoms with Gasteiger partial charge in [-0.1, -0.05) is 11.6 Å². The van der Waals surface area contributed by atoms with Crippen LogP contribution >= 0.6 is 11.6 Å². The zero-order valence-electron chi connectivity index (χ0n) is 17.4. The Morgan fingerprint density at radius 1 is 1.19 bits per heavy atom. The fourth-order valence-corrected chi connectivity index (χ4v) is 5.57. The Morgan fingerprint density at radius 3 is 2.69 bits per heavy atom. The topological polar surface area (TPSA) is 84.9 Å². The van der Waals surface area contributed by atoms with Gasteiger partial charge in [-0.3, -0.25) is 4.79 Å². The lowest BCUT2D eigenvalue weighted by molar-refractivity contribution is 0.0682. The molecular formula is C22H24ClFN2O5S. The first-order chi connectivity index (χ1) is 15.3. The molecule has 2 aliphatic rings. The Kier molecular flexibility index (Phi) is 6.99. The van der Waals surface area contributed by atoms with Gasteiger partial charge in [-0.05, 0) is 62.1 Å². The van der Waals surface area contributed by atoms with Crippen molar-refractivity contribution in [1.29, 1.82) is 0 Å². The molecule has 2 aromatic carbocycles. The Morgan fingerprint density at radius 2 is 1.97 bits per heavy atom. The van der Waals surface area contributed by atoms with E-state index in [1.54, 1.807) is 12.1 Å². The van der Waals surface area contributed by atoms with Crippen LogP contribution in [0.4, 0.5) is 10.1 Å². The molecule has 2 aliphatic heterocycles. The minimum absolute atomic E-state index is 0.00854. The number of rotatable bonds is 7. The number of nitrogens with one attached hydrogen (secondary N) is 1. The van der Waals surface area contributed by atoms with Crippen LogP contribution in [0.2, 0.25) is 5.02 Å². The second-order valence-corrected chi connectivity index (χ2v) is 10.1. The molecule has 32 heavy (non-hydrogen) atoms. The van der Waals surface area contributed by atoms with E-state index in [2.05, 4.69) is 5.32 Å². The monoisotopic (exact) mass is 482 g/mol. The number of ether oxygens (including phenoxy) is 2. The van der Waals surface area contributed by atoms with Crippen LogP contribution in [0.5, 0.6) is 5.75 Å². The minimum atomic E-state index is -4.01. The molecular weight excluding hydrogens is 459 g/mol. The van der Waals surface area contributed by atoms with Crippen molar-refractivity contribution in [3.05, 3.63) is 52.8 Å². The summed E-state index contributed by atoms with van der Waals surface area (Å²) in [5, 5.41) is 3.08. The summed E-state index contributed by atoms with van der Waals surface area (Å²) in [6.07, 6.45) is 3.32. The summed E-state index contributed by atoms with van der Waals surface area (Å²) in [4.78, 5) is 12.4. The molecule has 1 amide bonds. The first-order valence-corrected chi connectivity index (χ1v) is 12.3. The van der Waals surface area contributed by atoms with E-state index >= 15 is 0 Å². The number of hydrogen-bond donors (Lipinski definition) is 1. The molecule has 1 atom stereocenters. The molecule has 10 heteroatoms. The number of hydrogen-bond acceptors (Lipinski definition) is 5. The first-order valence-electron chi connectivity index (χ1n) is 10.5. The highest BCUT2D eigenvalue weighted by Gasteiger charge is 2.30. The maximum absolute atomic E-state index is 14.4. The molecule has 172 valence electrons. The number of carbonyl (C=O) groups excluding carboxylic acids is 1. The van der Waals surface area contributed by atoms with Crippen molar-refractivity contribution in [2.24, 2.45) is 0 Å². The number of halogens is 2. The lowest BCUT2D eigenvalue weighted by Gasteiger charge is -2.17. The van der Waals surface area contributed by atoms with Crippen molar-refractivity contribution in [1.82, 2.24) is 4.31 Å². The van der Waals surface area contributed by atoms with E-state index in [1.807, 2.05) is 0 Å². The van der Waals surface area contributed by atoms with Crippen LogP contribution in [-0.2, 0) is 14.8 Å². The highest BCUT2D eigenvalue weighted by atomic mass is 35.5. The zero-order chi connectivity index (χ0) is 22.7. The van der Waals surface area contributed by atoms with Crippen molar-refractivity contribution >= 4 is 33.2 Å². The SMILES string of the molecule is O=C(Nc1cc(Cl)ccc1OCC1CCCO1)c1ccc(F)c(S(=O)(=O)N2CCCC2)c1.